The van der Waals surface area contributed by atoms with Gasteiger partial charge in [0.05, 0.1) is 0 Å². The normalized spacial score (nSPS) is 14.6. The SMILES string of the molecule is O=[N+]([O-])c1cccc([I-]c2ccc(N3CCCC3)cc2)c1. The van der Waals surface area contributed by atoms with Crippen LogP contribution in [-0.4, -0.2) is 18.0 Å². The summed E-state index contributed by atoms with van der Waals surface area (Å²) in [4.78, 5) is 12.9. The van der Waals surface area contributed by atoms with Crippen LogP contribution in [0, 0.1) is 17.3 Å². The third-order valence-corrected chi connectivity index (χ3v) is 6.17. The predicted molar refractivity (Wildman–Crippen MR) is 78.4 cm³/mol. The Morgan fingerprint density at radius 1 is 1.00 bits per heavy atom. The Labute approximate surface area is 134 Å². The molecule has 0 unspecified atom stereocenters. The third kappa shape index (κ3) is 3.53. The fraction of sp³-hybridized carbons (Fsp3) is 0.250. The molecule has 0 amide bonds. The van der Waals surface area contributed by atoms with Crippen molar-refractivity contribution in [2.75, 3.05) is 18.0 Å². The summed E-state index contributed by atoms with van der Waals surface area (Å²) in [6.45, 7) is 2.30. The first-order valence-electron chi connectivity index (χ1n) is 6.97. The van der Waals surface area contributed by atoms with E-state index in [1.165, 1.54) is 22.1 Å². The van der Waals surface area contributed by atoms with Gasteiger partial charge in [-0.3, -0.25) is 0 Å². The van der Waals surface area contributed by atoms with Crippen LogP contribution in [0.25, 0.3) is 0 Å². The Kier molecular flexibility index (Phi) is 4.38. The van der Waals surface area contributed by atoms with E-state index in [4.69, 9.17) is 0 Å². The summed E-state index contributed by atoms with van der Waals surface area (Å²) in [5.74, 6) is 0. The van der Waals surface area contributed by atoms with Gasteiger partial charge in [0.15, 0.2) is 0 Å². The molecule has 1 fully saturated rings. The van der Waals surface area contributed by atoms with Crippen LogP contribution in [0.1, 0.15) is 12.8 Å². The molecule has 1 heterocycles. The van der Waals surface area contributed by atoms with Gasteiger partial charge in [0.1, 0.15) is 0 Å². The average molecular weight is 395 g/mol. The molecule has 0 bridgehead atoms. The Bertz CT molecular complexity index is 637. The van der Waals surface area contributed by atoms with Gasteiger partial charge in [0.2, 0.25) is 0 Å². The summed E-state index contributed by atoms with van der Waals surface area (Å²) in [6.07, 6.45) is 2.56. The molecule has 0 aliphatic carbocycles. The number of anilines is 1. The summed E-state index contributed by atoms with van der Waals surface area (Å²) in [6, 6.07) is 15.7. The van der Waals surface area contributed by atoms with Crippen molar-refractivity contribution >= 4 is 11.4 Å². The second-order valence-electron chi connectivity index (χ2n) is 5.00. The Hall–Kier alpha value is -1.63. The molecule has 4 nitrogen and oxygen atoms in total. The van der Waals surface area contributed by atoms with Crippen LogP contribution < -0.4 is 26.1 Å². The average Bonchev–Trinajstić information content (AvgIpc) is 3.02. The summed E-state index contributed by atoms with van der Waals surface area (Å²) >= 11 is -0.363. The monoisotopic (exact) mass is 395 g/mol. The number of nitro groups is 1. The number of rotatable bonds is 4. The molecular weight excluding hydrogens is 379 g/mol. The van der Waals surface area contributed by atoms with Gasteiger partial charge >= 0.3 is 134 Å². The minimum absolute atomic E-state index is 0.181. The molecule has 0 N–H and O–H groups in total. The third-order valence-electron chi connectivity index (χ3n) is 3.54. The molecule has 0 radical (unpaired) electrons. The fourth-order valence-electron chi connectivity index (χ4n) is 2.46. The zero-order chi connectivity index (χ0) is 14.7. The summed E-state index contributed by atoms with van der Waals surface area (Å²) in [5.41, 5.74) is 1.47. The van der Waals surface area contributed by atoms with Crippen LogP contribution in [0.5, 0.6) is 0 Å². The van der Waals surface area contributed by atoms with Gasteiger partial charge in [-0.2, -0.15) is 0 Å². The zero-order valence-corrected chi connectivity index (χ0v) is 13.7. The standard InChI is InChI=1S/C16H16IN2O2/c20-19(21)16-5-3-4-14(12-16)17-13-6-8-15(9-7-13)18-10-1-2-11-18/h3-9,12H,1-2,10-11H2/q-1. The van der Waals surface area contributed by atoms with Crippen LogP contribution in [0.4, 0.5) is 11.4 Å². The molecular formula is C16H16IN2O2-. The van der Waals surface area contributed by atoms with Crippen LogP contribution >= 0.6 is 0 Å². The second kappa shape index (κ2) is 6.43. The van der Waals surface area contributed by atoms with E-state index in [1.807, 2.05) is 6.07 Å². The molecule has 0 atom stereocenters. The Morgan fingerprint density at radius 2 is 1.71 bits per heavy atom. The Morgan fingerprint density at radius 3 is 2.38 bits per heavy atom. The van der Waals surface area contributed by atoms with Gasteiger partial charge in [-0.1, -0.05) is 0 Å². The number of nitro benzene ring substituents is 1. The van der Waals surface area contributed by atoms with E-state index in [2.05, 4.69) is 29.2 Å². The van der Waals surface area contributed by atoms with Gasteiger partial charge < -0.3 is 0 Å². The molecule has 2 aromatic rings. The Balaban J connectivity index is 1.72. The maximum atomic E-state index is 10.8. The van der Waals surface area contributed by atoms with Gasteiger partial charge in [0.25, 0.3) is 0 Å². The number of halogens is 1. The quantitative estimate of drug-likeness (QED) is 0.426. The molecule has 0 saturated carbocycles. The van der Waals surface area contributed by atoms with Crippen LogP contribution in [0.15, 0.2) is 48.5 Å². The summed E-state index contributed by atoms with van der Waals surface area (Å²) in [7, 11) is 0. The van der Waals surface area contributed by atoms with E-state index in [9.17, 15) is 10.1 Å². The molecule has 21 heavy (non-hydrogen) atoms. The van der Waals surface area contributed by atoms with E-state index in [0.29, 0.717) is 0 Å². The van der Waals surface area contributed by atoms with E-state index >= 15 is 0 Å². The number of benzene rings is 2. The number of hydrogen-bond acceptors (Lipinski definition) is 3. The van der Waals surface area contributed by atoms with E-state index in [1.54, 1.807) is 18.2 Å². The van der Waals surface area contributed by atoms with Gasteiger partial charge in [0, 0.05) is 0 Å². The molecule has 1 saturated heterocycles. The van der Waals surface area contributed by atoms with Gasteiger partial charge in [-0.25, -0.2) is 0 Å². The van der Waals surface area contributed by atoms with Crippen molar-refractivity contribution in [3.05, 3.63) is 65.8 Å². The predicted octanol–water partition coefficient (Wildman–Crippen LogP) is 0.323. The second-order valence-corrected chi connectivity index (χ2v) is 8.03. The first-order chi connectivity index (χ1) is 10.2. The van der Waals surface area contributed by atoms with E-state index < -0.39 is 0 Å². The summed E-state index contributed by atoms with van der Waals surface area (Å²) < 4.78 is 2.37. The van der Waals surface area contributed by atoms with Crippen molar-refractivity contribution in [2.45, 2.75) is 12.8 Å². The van der Waals surface area contributed by atoms with Crippen molar-refractivity contribution in [1.29, 1.82) is 0 Å². The van der Waals surface area contributed by atoms with Crippen LogP contribution in [0.3, 0.4) is 0 Å². The molecule has 0 spiro atoms. The fourth-order valence-corrected chi connectivity index (χ4v) is 4.77. The first-order valence-corrected chi connectivity index (χ1v) is 9.12. The van der Waals surface area contributed by atoms with E-state index in [0.717, 1.165) is 16.7 Å². The van der Waals surface area contributed by atoms with Crippen molar-refractivity contribution in [2.24, 2.45) is 0 Å². The maximum absolute atomic E-state index is 10.8. The van der Waals surface area contributed by atoms with Crippen molar-refractivity contribution in [3.8, 4) is 0 Å². The summed E-state index contributed by atoms with van der Waals surface area (Å²) in [5, 5.41) is 10.8. The number of nitrogens with zero attached hydrogens (tertiary/aromatic N) is 2. The molecule has 2 aromatic carbocycles. The van der Waals surface area contributed by atoms with Gasteiger partial charge in [-0.05, 0) is 0 Å². The first kappa shape index (κ1) is 14.3. The van der Waals surface area contributed by atoms with E-state index in [-0.39, 0.29) is 31.8 Å². The molecule has 110 valence electrons. The molecule has 0 aromatic heterocycles. The van der Waals surface area contributed by atoms with Crippen LogP contribution in [-0.2, 0) is 0 Å². The molecule has 5 heteroatoms. The van der Waals surface area contributed by atoms with Gasteiger partial charge in [-0.15, -0.1) is 0 Å². The number of non-ortho nitro benzene ring substituents is 1. The zero-order valence-electron chi connectivity index (χ0n) is 11.5. The van der Waals surface area contributed by atoms with Crippen molar-refractivity contribution in [1.82, 2.24) is 0 Å². The molecule has 1 aliphatic rings. The molecule has 3 rings (SSSR count). The topological polar surface area (TPSA) is 46.4 Å². The van der Waals surface area contributed by atoms with Crippen molar-refractivity contribution in [3.63, 3.8) is 0 Å². The van der Waals surface area contributed by atoms with Crippen molar-refractivity contribution < 1.29 is 26.1 Å². The molecule has 1 aliphatic heterocycles. The van der Waals surface area contributed by atoms with Crippen LogP contribution in [0.2, 0.25) is 0 Å². The number of hydrogen-bond donors (Lipinski definition) is 0. The minimum atomic E-state index is -0.363.